The SMILES string of the molecule is Cl.c1ccc(N=P(c2ccccc2)(c2ccccc2)c2cnn(-c3ccccc3)c2)cc1. The summed E-state index contributed by atoms with van der Waals surface area (Å²) in [6.07, 6.45) is 4.11. The molecule has 0 aliphatic carbocycles. The van der Waals surface area contributed by atoms with Crippen molar-refractivity contribution in [2.75, 3.05) is 0 Å². The fourth-order valence-corrected chi connectivity index (χ4v) is 7.20. The van der Waals surface area contributed by atoms with Crippen LogP contribution >= 0.6 is 19.5 Å². The van der Waals surface area contributed by atoms with Crippen molar-refractivity contribution in [3.05, 3.63) is 134 Å². The van der Waals surface area contributed by atoms with Crippen molar-refractivity contribution in [1.29, 1.82) is 0 Å². The first-order valence-electron chi connectivity index (χ1n) is 10.3. The monoisotopic (exact) mass is 455 g/mol. The third-order valence-corrected chi connectivity index (χ3v) is 8.84. The summed E-state index contributed by atoms with van der Waals surface area (Å²) in [7, 11) is -2.33. The Labute approximate surface area is 194 Å². The van der Waals surface area contributed by atoms with Gasteiger partial charge in [-0.1, -0.05) is 97.1 Å². The van der Waals surface area contributed by atoms with Crippen LogP contribution in [0.4, 0.5) is 5.69 Å². The number of hydrogen-bond acceptors (Lipinski definition) is 2. The molecule has 158 valence electrons. The predicted octanol–water partition coefficient (Wildman–Crippen LogP) is 6.10. The van der Waals surface area contributed by atoms with Gasteiger partial charge in [0.15, 0.2) is 0 Å². The second-order valence-corrected chi connectivity index (χ2v) is 10.2. The van der Waals surface area contributed by atoms with Gasteiger partial charge >= 0.3 is 0 Å². The molecule has 0 saturated heterocycles. The van der Waals surface area contributed by atoms with Crippen LogP contribution in [0, 0.1) is 0 Å². The molecule has 32 heavy (non-hydrogen) atoms. The molecule has 0 fully saturated rings. The molecular formula is C27H23ClN3P. The average Bonchev–Trinajstić information content (AvgIpc) is 3.36. The van der Waals surface area contributed by atoms with Gasteiger partial charge in [0.25, 0.3) is 0 Å². The Morgan fingerprint density at radius 2 is 1.03 bits per heavy atom. The van der Waals surface area contributed by atoms with Crippen molar-refractivity contribution >= 4 is 41.1 Å². The standard InChI is InChI=1S/C27H22N3P.ClH/c1-5-13-23(14-6-1)29-31(25-17-9-3-10-18-25,26-19-11-4-12-20-26)27-21-28-30(22-27)24-15-7-2-8-16-24;/h1-22H;1H. The molecule has 5 aromatic rings. The number of halogens is 1. The maximum Gasteiger partial charge on any atom is 0.0645 e. The van der Waals surface area contributed by atoms with Gasteiger partial charge in [0.05, 0.1) is 24.6 Å². The van der Waals surface area contributed by atoms with Gasteiger partial charge in [-0.2, -0.15) is 5.10 Å². The van der Waals surface area contributed by atoms with E-state index >= 15 is 0 Å². The van der Waals surface area contributed by atoms with E-state index in [9.17, 15) is 0 Å². The Morgan fingerprint density at radius 1 is 0.562 bits per heavy atom. The van der Waals surface area contributed by atoms with Crippen LogP contribution in [0.3, 0.4) is 0 Å². The lowest BCUT2D eigenvalue weighted by molar-refractivity contribution is 0.881. The average molecular weight is 456 g/mol. The Hall–Kier alpha value is -3.39. The van der Waals surface area contributed by atoms with E-state index in [2.05, 4.69) is 91.1 Å². The predicted molar refractivity (Wildman–Crippen MR) is 138 cm³/mol. The van der Waals surface area contributed by atoms with Crippen LogP contribution in [0.25, 0.3) is 5.69 Å². The molecule has 0 unspecified atom stereocenters. The van der Waals surface area contributed by atoms with E-state index in [1.165, 1.54) is 10.6 Å². The molecule has 0 aliphatic heterocycles. The molecule has 1 aromatic heterocycles. The molecule has 0 saturated carbocycles. The number of hydrogen-bond donors (Lipinski definition) is 0. The van der Waals surface area contributed by atoms with E-state index < -0.39 is 7.05 Å². The number of para-hydroxylation sites is 1. The lowest BCUT2D eigenvalue weighted by Gasteiger charge is -2.25. The van der Waals surface area contributed by atoms with E-state index in [4.69, 9.17) is 9.84 Å². The lowest BCUT2D eigenvalue weighted by atomic mass is 10.3. The van der Waals surface area contributed by atoms with Gasteiger partial charge in [-0.25, -0.2) is 4.68 Å². The minimum atomic E-state index is -2.33. The summed E-state index contributed by atoms with van der Waals surface area (Å²) in [6, 6.07) is 41.7. The second kappa shape index (κ2) is 9.82. The van der Waals surface area contributed by atoms with Crippen LogP contribution in [0.2, 0.25) is 0 Å². The van der Waals surface area contributed by atoms with Crippen molar-refractivity contribution in [3.8, 4) is 5.69 Å². The van der Waals surface area contributed by atoms with E-state index in [0.29, 0.717) is 0 Å². The van der Waals surface area contributed by atoms with Gasteiger partial charge in [-0.05, 0) is 24.3 Å². The van der Waals surface area contributed by atoms with Crippen molar-refractivity contribution < 1.29 is 0 Å². The van der Waals surface area contributed by atoms with Crippen LogP contribution in [-0.4, -0.2) is 9.78 Å². The minimum Gasteiger partial charge on any atom is -0.254 e. The minimum absolute atomic E-state index is 0. The van der Waals surface area contributed by atoms with E-state index in [1.807, 2.05) is 47.3 Å². The molecule has 0 aliphatic rings. The smallest absolute Gasteiger partial charge is 0.0645 e. The number of nitrogens with zero attached hydrogens (tertiary/aromatic N) is 3. The third kappa shape index (κ3) is 4.18. The first-order valence-corrected chi connectivity index (χ1v) is 12.0. The zero-order valence-electron chi connectivity index (χ0n) is 17.4. The topological polar surface area (TPSA) is 30.2 Å². The zero-order valence-corrected chi connectivity index (χ0v) is 19.1. The van der Waals surface area contributed by atoms with Crippen LogP contribution in [0.5, 0.6) is 0 Å². The van der Waals surface area contributed by atoms with Gasteiger partial charge in [0, 0.05) is 22.1 Å². The number of aromatic nitrogens is 2. The van der Waals surface area contributed by atoms with Crippen LogP contribution in [0.15, 0.2) is 138 Å². The molecule has 0 radical (unpaired) electrons. The Morgan fingerprint density at radius 3 is 1.56 bits per heavy atom. The molecule has 0 N–H and O–H groups in total. The fourth-order valence-electron chi connectivity index (χ4n) is 3.78. The molecule has 4 aromatic carbocycles. The fraction of sp³-hybridized carbons (Fsp3) is 0. The highest BCUT2D eigenvalue weighted by Gasteiger charge is 2.29. The van der Waals surface area contributed by atoms with Crippen LogP contribution < -0.4 is 15.9 Å². The van der Waals surface area contributed by atoms with E-state index in [-0.39, 0.29) is 12.4 Å². The van der Waals surface area contributed by atoms with Crippen LogP contribution in [0.1, 0.15) is 0 Å². The summed E-state index contributed by atoms with van der Waals surface area (Å²) in [6.45, 7) is 0. The molecule has 0 atom stereocenters. The van der Waals surface area contributed by atoms with Gasteiger partial charge in [0.2, 0.25) is 0 Å². The summed E-state index contributed by atoms with van der Waals surface area (Å²) in [4.78, 5) is 0. The summed E-state index contributed by atoms with van der Waals surface area (Å²) in [5, 5.41) is 8.26. The molecule has 5 rings (SSSR count). The first-order chi connectivity index (χ1) is 15.4. The van der Waals surface area contributed by atoms with Gasteiger partial charge in [-0.15, -0.1) is 12.4 Å². The molecule has 3 nitrogen and oxygen atoms in total. The number of rotatable bonds is 5. The summed E-state index contributed by atoms with van der Waals surface area (Å²) >= 11 is 0. The largest absolute Gasteiger partial charge is 0.254 e. The second-order valence-electron chi connectivity index (χ2n) is 7.22. The van der Waals surface area contributed by atoms with Crippen molar-refractivity contribution in [2.45, 2.75) is 0 Å². The maximum absolute atomic E-state index is 5.47. The highest BCUT2D eigenvalue weighted by atomic mass is 35.5. The normalized spacial score (nSPS) is 10.9. The highest BCUT2D eigenvalue weighted by Crippen LogP contribution is 2.49. The van der Waals surface area contributed by atoms with Gasteiger partial charge in [-0.3, -0.25) is 4.74 Å². The zero-order chi connectivity index (χ0) is 20.9. The molecular weight excluding hydrogens is 433 g/mol. The van der Waals surface area contributed by atoms with Crippen molar-refractivity contribution in [2.24, 2.45) is 4.74 Å². The Bertz CT molecular complexity index is 1280. The molecule has 0 amide bonds. The van der Waals surface area contributed by atoms with Crippen molar-refractivity contribution in [3.63, 3.8) is 0 Å². The maximum atomic E-state index is 5.47. The van der Waals surface area contributed by atoms with E-state index in [1.54, 1.807) is 0 Å². The molecule has 0 bridgehead atoms. The van der Waals surface area contributed by atoms with Gasteiger partial charge < -0.3 is 0 Å². The molecule has 0 spiro atoms. The summed E-state index contributed by atoms with van der Waals surface area (Å²) in [5.74, 6) is 0. The first kappa shape index (κ1) is 21.8. The van der Waals surface area contributed by atoms with Crippen LogP contribution in [-0.2, 0) is 0 Å². The Balaban J connectivity index is 0.00000245. The highest BCUT2D eigenvalue weighted by molar-refractivity contribution is 7.87. The quantitative estimate of drug-likeness (QED) is 0.294. The Kier molecular flexibility index (Phi) is 6.70. The molecule has 1 heterocycles. The van der Waals surface area contributed by atoms with Crippen molar-refractivity contribution in [1.82, 2.24) is 9.78 Å². The summed E-state index contributed by atoms with van der Waals surface area (Å²) < 4.78 is 7.41. The molecule has 5 heteroatoms. The summed E-state index contributed by atoms with van der Waals surface area (Å²) in [5.41, 5.74) is 2.00. The van der Waals surface area contributed by atoms with E-state index in [0.717, 1.165) is 16.7 Å². The van der Waals surface area contributed by atoms with Gasteiger partial charge in [0.1, 0.15) is 0 Å². The number of benzene rings is 4. The third-order valence-electron chi connectivity index (χ3n) is 5.24. The lowest BCUT2D eigenvalue weighted by Crippen LogP contribution is -2.24.